The minimum atomic E-state index is -3.63. The number of benzene rings is 1. The Labute approximate surface area is 123 Å². The summed E-state index contributed by atoms with van der Waals surface area (Å²) in [5, 5.41) is 9.41. The van der Waals surface area contributed by atoms with Crippen LogP contribution in [0, 0.1) is 0 Å². The Kier molecular flexibility index (Phi) is 4.76. The molecule has 21 heavy (non-hydrogen) atoms. The number of sulfonamides is 1. The van der Waals surface area contributed by atoms with Crippen LogP contribution in [0.25, 0.3) is 0 Å². The number of oxazole rings is 1. The number of aliphatic hydroxyl groups is 1. The maximum atomic E-state index is 12.1. The number of aryl methyl sites for hydroxylation is 1. The molecule has 1 heterocycles. The minimum absolute atomic E-state index is 0.000484. The van der Waals surface area contributed by atoms with Crippen LogP contribution >= 0.6 is 0 Å². The molecule has 7 heteroatoms. The highest BCUT2D eigenvalue weighted by molar-refractivity contribution is 7.89. The Morgan fingerprint density at radius 2 is 2.00 bits per heavy atom. The molecule has 0 fully saturated rings. The second-order valence-electron chi connectivity index (χ2n) is 4.64. The highest BCUT2D eigenvalue weighted by Crippen LogP contribution is 2.16. The maximum absolute atomic E-state index is 12.1. The van der Waals surface area contributed by atoms with Crippen molar-refractivity contribution < 1.29 is 17.9 Å². The van der Waals surface area contributed by atoms with Gasteiger partial charge in [-0.15, -0.1) is 0 Å². The summed E-state index contributed by atoms with van der Waals surface area (Å²) in [6, 6.07) is 6.08. The van der Waals surface area contributed by atoms with E-state index in [-0.39, 0.29) is 11.4 Å². The summed E-state index contributed by atoms with van der Waals surface area (Å²) < 4.78 is 32.0. The summed E-state index contributed by atoms with van der Waals surface area (Å²) in [4.78, 5) is 4.13. The smallest absolute Gasteiger partial charge is 0.241 e. The molecule has 0 saturated carbocycles. The first-order valence-electron chi connectivity index (χ1n) is 6.63. The Morgan fingerprint density at radius 3 is 2.52 bits per heavy atom. The molecule has 0 saturated heterocycles. The summed E-state index contributed by atoms with van der Waals surface area (Å²) in [5.41, 5.74) is 0.661. The van der Waals surface area contributed by atoms with E-state index in [0.717, 1.165) is 0 Å². The minimum Gasteiger partial charge on any atom is -0.444 e. The monoisotopic (exact) mass is 310 g/mol. The number of nitrogens with one attached hydrogen (secondary N) is 1. The van der Waals surface area contributed by atoms with Crippen molar-refractivity contribution in [2.45, 2.75) is 37.8 Å². The number of hydrogen-bond donors (Lipinski definition) is 2. The molecule has 0 amide bonds. The van der Waals surface area contributed by atoms with Crippen LogP contribution in [0.15, 0.2) is 39.8 Å². The van der Waals surface area contributed by atoms with E-state index in [0.29, 0.717) is 23.6 Å². The van der Waals surface area contributed by atoms with Crippen LogP contribution in [0.3, 0.4) is 0 Å². The van der Waals surface area contributed by atoms with Crippen LogP contribution in [0.4, 0.5) is 0 Å². The lowest BCUT2D eigenvalue weighted by atomic mass is 10.1. The highest BCUT2D eigenvalue weighted by atomic mass is 32.2. The lowest BCUT2D eigenvalue weighted by Crippen LogP contribution is -2.23. The average Bonchev–Trinajstić information content (AvgIpc) is 2.93. The molecule has 1 atom stereocenters. The molecule has 6 nitrogen and oxygen atoms in total. The van der Waals surface area contributed by atoms with Gasteiger partial charge in [-0.05, 0) is 24.6 Å². The van der Waals surface area contributed by atoms with E-state index in [9.17, 15) is 13.5 Å². The van der Waals surface area contributed by atoms with Crippen LogP contribution in [-0.2, 0) is 23.0 Å². The van der Waals surface area contributed by atoms with Gasteiger partial charge in [0, 0.05) is 6.42 Å². The van der Waals surface area contributed by atoms with Gasteiger partial charge in [-0.2, -0.15) is 0 Å². The second kappa shape index (κ2) is 6.38. The van der Waals surface area contributed by atoms with Gasteiger partial charge in [-0.1, -0.05) is 19.1 Å². The van der Waals surface area contributed by atoms with E-state index >= 15 is 0 Å². The molecule has 2 N–H and O–H groups in total. The molecule has 2 aromatic rings. The molecule has 1 aromatic carbocycles. The van der Waals surface area contributed by atoms with Crippen LogP contribution in [0.1, 0.15) is 37.2 Å². The molecule has 0 spiro atoms. The Hall–Kier alpha value is -1.70. The third-order valence-electron chi connectivity index (χ3n) is 3.04. The summed E-state index contributed by atoms with van der Waals surface area (Å²) in [7, 11) is -3.63. The third-order valence-corrected chi connectivity index (χ3v) is 4.45. The standard InChI is InChI=1S/C14H18N2O4S/c1-3-12-8-15-14(20-12)9-16-21(18,19)13-6-4-11(5-7-13)10(2)17/h4-8,10,16-17H,3,9H2,1-2H3. The molecular formula is C14H18N2O4S. The topological polar surface area (TPSA) is 92.4 Å². The van der Waals surface area contributed by atoms with Crippen LogP contribution in [0.5, 0.6) is 0 Å². The fraction of sp³-hybridized carbons (Fsp3) is 0.357. The number of aromatic nitrogens is 1. The first kappa shape index (κ1) is 15.7. The maximum Gasteiger partial charge on any atom is 0.241 e. The summed E-state index contributed by atoms with van der Waals surface area (Å²) in [5.74, 6) is 1.04. The zero-order valence-electron chi connectivity index (χ0n) is 11.9. The highest BCUT2D eigenvalue weighted by Gasteiger charge is 2.15. The lowest BCUT2D eigenvalue weighted by Gasteiger charge is -2.07. The van der Waals surface area contributed by atoms with Crippen LogP contribution in [-0.4, -0.2) is 18.5 Å². The first-order valence-corrected chi connectivity index (χ1v) is 8.12. The van der Waals surface area contributed by atoms with Crippen molar-refractivity contribution in [2.75, 3.05) is 0 Å². The predicted octanol–water partition coefficient (Wildman–Crippen LogP) is 1.77. The van der Waals surface area contributed by atoms with Gasteiger partial charge in [0.05, 0.1) is 23.7 Å². The van der Waals surface area contributed by atoms with Crippen LogP contribution in [0.2, 0.25) is 0 Å². The Bertz CT molecular complexity index is 690. The van der Waals surface area contributed by atoms with E-state index in [1.165, 1.54) is 12.1 Å². The largest absolute Gasteiger partial charge is 0.444 e. The van der Waals surface area contributed by atoms with Gasteiger partial charge in [0.2, 0.25) is 15.9 Å². The van der Waals surface area contributed by atoms with Gasteiger partial charge < -0.3 is 9.52 Å². The Morgan fingerprint density at radius 1 is 1.33 bits per heavy atom. The van der Waals surface area contributed by atoms with E-state index < -0.39 is 16.1 Å². The summed E-state index contributed by atoms with van der Waals surface area (Å²) >= 11 is 0. The third kappa shape index (κ3) is 3.90. The van der Waals surface area contributed by atoms with Crippen molar-refractivity contribution in [1.29, 1.82) is 0 Å². The molecule has 1 aromatic heterocycles. The van der Waals surface area contributed by atoms with E-state index in [4.69, 9.17) is 4.42 Å². The molecule has 0 aliphatic heterocycles. The van der Waals surface area contributed by atoms with Gasteiger partial charge in [0.25, 0.3) is 0 Å². The quantitative estimate of drug-likeness (QED) is 0.848. The molecule has 114 valence electrons. The van der Waals surface area contributed by atoms with Gasteiger partial charge in [0.15, 0.2) is 0 Å². The van der Waals surface area contributed by atoms with Gasteiger partial charge >= 0.3 is 0 Å². The molecule has 1 unspecified atom stereocenters. The SMILES string of the molecule is CCc1cnc(CNS(=O)(=O)c2ccc(C(C)O)cc2)o1. The number of aliphatic hydroxyl groups excluding tert-OH is 1. The van der Waals surface area contributed by atoms with E-state index in [1.807, 2.05) is 6.92 Å². The molecule has 2 rings (SSSR count). The van der Waals surface area contributed by atoms with Crippen molar-refractivity contribution >= 4 is 10.0 Å². The van der Waals surface area contributed by atoms with Gasteiger partial charge in [-0.25, -0.2) is 18.1 Å². The summed E-state index contributed by atoms with van der Waals surface area (Å²) in [6.07, 6.45) is 1.66. The molecule has 0 aliphatic rings. The zero-order chi connectivity index (χ0) is 15.5. The predicted molar refractivity (Wildman–Crippen MR) is 77.0 cm³/mol. The number of rotatable bonds is 6. The summed E-state index contributed by atoms with van der Waals surface area (Å²) in [6.45, 7) is 3.55. The van der Waals surface area contributed by atoms with Crippen molar-refractivity contribution in [3.8, 4) is 0 Å². The molecule has 0 radical (unpaired) electrons. The number of hydrogen-bond acceptors (Lipinski definition) is 5. The first-order chi connectivity index (χ1) is 9.92. The van der Waals surface area contributed by atoms with Crippen molar-refractivity contribution in [3.05, 3.63) is 47.7 Å². The molecule has 0 aliphatic carbocycles. The van der Waals surface area contributed by atoms with Crippen molar-refractivity contribution in [3.63, 3.8) is 0 Å². The Balaban J connectivity index is 2.07. The van der Waals surface area contributed by atoms with Gasteiger partial charge in [-0.3, -0.25) is 0 Å². The fourth-order valence-corrected chi connectivity index (χ4v) is 2.73. The van der Waals surface area contributed by atoms with Crippen molar-refractivity contribution in [2.24, 2.45) is 0 Å². The second-order valence-corrected chi connectivity index (χ2v) is 6.41. The average molecular weight is 310 g/mol. The lowest BCUT2D eigenvalue weighted by molar-refractivity contribution is 0.199. The zero-order valence-corrected chi connectivity index (χ0v) is 12.7. The molecular weight excluding hydrogens is 292 g/mol. The normalized spacial score (nSPS) is 13.3. The van der Waals surface area contributed by atoms with Crippen LogP contribution < -0.4 is 4.72 Å². The van der Waals surface area contributed by atoms with E-state index in [2.05, 4.69) is 9.71 Å². The molecule has 0 bridgehead atoms. The van der Waals surface area contributed by atoms with E-state index in [1.54, 1.807) is 25.3 Å². The van der Waals surface area contributed by atoms with Crippen molar-refractivity contribution in [1.82, 2.24) is 9.71 Å². The fourth-order valence-electron chi connectivity index (χ4n) is 1.76. The van der Waals surface area contributed by atoms with Gasteiger partial charge in [0.1, 0.15) is 5.76 Å². The number of nitrogens with zero attached hydrogens (tertiary/aromatic N) is 1.